The molecule has 0 spiro atoms. The van der Waals surface area contributed by atoms with Gasteiger partial charge in [-0.05, 0) is 41.5 Å². The molecule has 0 amide bonds. The molecule has 1 nitrogen and oxygen atoms in total. The van der Waals surface area contributed by atoms with Gasteiger partial charge in [0.1, 0.15) is 0 Å². The first-order valence-corrected chi connectivity index (χ1v) is 9.05. The van der Waals surface area contributed by atoms with Crippen molar-refractivity contribution < 1.29 is 0 Å². The number of rotatable bonds is 3. The van der Waals surface area contributed by atoms with E-state index in [1.807, 2.05) is 66.7 Å². The molecule has 4 rings (SSSR count). The molecule has 0 aliphatic rings. The second kappa shape index (κ2) is 7.33. The van der Waals surface area contributed by atoms with Gasteiger partial charge in [-0.3, -0.25) is 0 Å². The standard InChI is InChI=1S/C23H15Cl2N/c24-19-10-6-9-17(13-19)22-14-18(16-7-2-1-3-8-16)15-23(26-22)20-11-4-5-12-21(20)25/h1-15H. The van der Waals surface area contributed by atoms with Gasteiger partial charge in [0.25, 0.3) is 0 Å². The van der Waals surface area contributed by atoms with Crippen LogP contribution >= 0.6 is 23.2 Å². The zero-order valence-corrected chi connectivity index (χ0v) is 15.4. The first-order valence-electron chi connectivity index (χ1n) is 8.29. The molecule has 26 heavy (non-hydrogen) atoms. The largest absolute Gasteiger partial charge is 0.248 e. The van der Waals surface area contributed by atoms with Gasteiger partial charge in [0.2, 0.25) is 0 Å². The van der Waals surface area contributed by atoms with Crippen molar-refractivity contribution in [2.75, 3.05) is 0 Å². The van der Waals surface area contributed by atoms with Crippen LogP contribution in [0.2, 0.25) is 10.0 Å². The highest BCUT2D eigenvalue weighted by Gasteiger charge is 2.11. The molecular formula is C23H15Cl2N. The van der Waals surface area contributed by atoms with Gasteiger partial charge in [-0.2, -0.15) is 0 Å². The molecule has 3 heteroatoms. The van der Waals surface area contributed by atoms with Crippen molar-refractivity contribution in [3.63, 3.8) is 0 Å². The molecule has 0 saturated carbocycles. The van der Waals surface area contributed by atoms with E-state index in [-0.39, 0.29) is 0 Å². The van der Waals surface area contributed by atoms with E-state index in [1.54, 1.807) is 0 Å². The minimum Gasteiger partial charge on any atom is -0.248 e. The molecule has 4 aromatic rings. The van der Waals surface area contributed by atoms with Crippen molar-refractivity contribution in [1.82, 2.24) is 4.98 Å². The first-order chi connectivity index (χ1) is 12.7. The number of hydrogen-bond acceptors (Lipinski definition) is 1. The Balaban J connectivity index is 1.95. The summed E-state index contributed by atoms with van der Waals surface area (Å²) >= 11 is 12.6. The molecule has 0 bridgehead atoms. The average Bonchev–Trinajstić information content (AvgIpc) is 2.69. The minimum atomic E-state index is 0.683. The minimum absolute atomic E-state index is 0.683. The SMILES string of the molecule is Clc1cccc(-c2cc(-c3ccccc3)cc(-c3ccccc3Cl)n2)c1. The Labute approximate surface area is 162 Å². The Bertz CT molecular complexity index is 1060. The van der Waals surface area contributed by atoms with Crippen LogP contribution in [0.1, 0.15) is 0 Å². The topological polar surface area (TPSA) is 12.9 Å². The van der Waals surface area contributed by atoms with Crippen LogP contribution in [0.4, 0.5) is 0 Å². The lowest BCUT2D eigenvalue weighted by Gasteiger charge is -2.11. The lowest BCUT2D eigenvalue weighted by Crippen LogP contribution is -1.91. The molecule has 0 N–H and O–H groups in total. The maximum Gasteiger partial charge on any atom is 0.0730 e. The molecule has 1 aromatic heterocycles. The van der Waals surface area contributed by atoms with E-state index in [4.69, 9.17) is 28.2 Å². The van der Waals surface area contributed by atoms with Crippen molar-refractivity contribution in [3.8, 4) is 33.6 Å². The second-order valence-electron chi connectivity index (χ2n) is 5.98. The molecule has 1 heterocycles. The van der Waals surface area contributed by atoms with E-state index in [2.05, 4.69) is 24.3 Å². The first kappa shape index (κ1) is 16.8. The predicted molar refractivity (Wildman–Crippen MR) is 111 cm³/mol. The summed E-state index contributed by atoms with van der Waals surface area (Å²) in [4.78, 5) is 4.86. The summed E-state index contributed by atoms with van der Waals surface area (Å²) in [6, 6.07) is 29.9. The van der Waals surface area contributed by atoms with E-state index in [1.165, 1.54) is 0 Å². The van der Waals surface area contributed by atoms with Crippen molar-refractivity contribution >= 4 is 23.2 Å². The van der Waals surface area contributed by atoms with Gasteiger partial charge in [0, 0.05) is 21.2 Å². The van der Waals surface area contributed by atoms with Crippen molar-refractivity contribution in [3.05, 3.63) is 101 Å². The Hall–Kier alpha value is -2.61. The predicted octanol–water partition coefficient (Wildman–Crippen LogP) is 7.39. The van der Waals surface area contributed by atoms with E-state index in [0.29, 0.717) is 10.0 Å². The fraction of sp³-hybridized carbons (Fsp3) is 0. The highest BCUT2D eigenvalue weighted by atomic mass is 35.5. The summed E-state index contributed by atoms with van der Waals surface area (Å²) in [5.41, 5.74) is 5.81. The van der Waals surface area contributed by atoms with Crippen LogP contribution in [-0.4, -0.2) is 4.98 Å². The van der Waals surface area contributed by atoms with Crippen LogP contribution in [0.3, 0.4) is 0 Å². The van der Waals surface area contributed by atoms with Gasteiger partial charge < -0.3 is 0 Å². The summed E-state index contributed by atoms with van der Waals surface area (Å²) < 4.78 is 0. The van der Waals surface area contributed by atoms with E-state index >= 15 is 0 Å². The summed E-state index contributed by atoms with van der Waals surface area (Å²) in [5.74, 6) is 0. The normalized spacial score (nSPS) is 10.7. The third kappa shape index (κ3) is 3.50. The van der Waals surface area contributed by atoms with Gasteiger partial charge in [0.15, 0.2) is 0 Å². The fourth-order valence-corrected chi connectivity index (χ4v) is 3.35. The number of halogens is 2. The molecule has 0 saturated heterocycles. The monoisotopic (exact) mass is 375 g/mol. The number of nitrogens with zero attached hydrogens (tertiary/aromatic N) is 1. The summed E-state index contributed by atoms with van der Waals surface area (Å²) in [6.07, 6.45) is 0. The fourth-order valence-electron chi connectivity index (χ4n) is 2.93. The maximum absolute atomic E-state index is 6.42. The van der Waals surface area contributed by atoms with Gasteiger partial charge in [0.05, 0.1) is 11.4 Å². The Morgan fingerprint density at radius 1 is 0.538 bits per heavy atom. The maximum atomic E-state index is 6.42. The summed E-state index contributed by atoms with van der Waals surface area (Å²) in [7, 11) is 0. The van der Waals surface area contributed by atoms with Gasteiger partial charge in [-0.1, -0.05) is 83.9 Å². The van der Waals surface area contributed by atoms with E-state index < -0.39 is 0 Å². The van der Waals surface area contributed by atoms with Crippen LogP contribution in [0.5, 0.6) is 0 Å². The summed E-state index contributed by atoms with van der Waals surface area (Å²) in [5, 5.41) is 1.37. The Morgan fingerprint density at radius 3 is 2.00 bits per heavy atom. The van der Waals surface area contributed by atoms with Crippen molar-refractivity contribution in [2.24, 2.45) is 0 Å². The third-order valence-electron chi connectivity index (χ3n) is 4.20. The van der Waals surface area contributed by atoms with Gasteiger partial charge in [-0.15, -0.1) is 0 Å². The Morgan fingerprint density at radius 2 is 1.23 bits per heavy atom. The van der Waals surface area contributed by atoms with Gasteiger partial charge >= 0.3 is 0 Å². The molecule has 0 fully saturated rings. The van der Waals surface area contributed by atoms with Crippen LogP contribution in [0.25, 0.3) is 33.6 Å². The number of hydrogen-bond donors (Lipinski definition) is 0. The molecule has 0 unspecified atom stereocenters. The van der Waals surface area contributed by atoms with Gasteiger partial charge in [-0.25, -0.2) is 4.98 Å². The molecule has 0 aliphatic heterocycles. The van der Waals surface area contributed by atoms with Crippen LogP contribution in [-0.2, 0) is 0 Å². The number of aromatic nitrogens is 1. The zero-order valence-electron chi connectivity index (χ0n) is 13.9. The molecule has 0 atom stereocenters. The van der Waals surface area contributed by atoms with Crippen LogP contribution in [0, 0.1) is 0 Å². The van der Waals surface area contributed by atoms with E-state index in [9.17, 15) is 0 Å². The van der Waals surface area contributed by atoms with Crippen LogP contribution < -0.4 is 0 Å². The van der Waals surface area contributed by atoms with Crippen molar-refractivity contribution in [2.45, 2.75) is 0 Å². The average molecular weight is 376 g/mol. The second-order valence-corrected chi connectivity index (χ2v) is 6.83. The molecule has 0 radical (unpaired) electrons. The smallest absolute Gasteiger partial charge is 0.0730 e. The Kier molecular flexibility index (Phi) is 4.75. The quantitative estimate of drug-likeness (QED) is 0.363. The molecular weight excluding hydrogens is 361 g/mol. The molecule has 126 valence electrons. The van der Waals surface area contributed by atoms with Crippen LogP contribution in [0.15, 0.2) is 91.0 Å². The zero-order chi connectivity index (χ0) is 17.9. The van der Waals surface area contributed by atoms with Crippen molar-refractivity contribution in [1.29, 1.82) is 0 Å². The molecule has 3 aromatic carbocycles. The highest BCUT2D eigenvalue weighted by Crippen LogP contribution is 2.33. The number of benzene rings is 3. The highest BCUT2D eigenvalue weighted by molar-refractivity contribution is 6.33. The summed E-state index contributed by atoms with van der Waals surface area (Å²) in [6.45, 7) is 0. The third-order valence-corrected chi connectivity index (χ3v) is 4.77. The lowest BCUT2D eigenvalue weighted by molar-refractivity contribution is 1.32. The number of pyridine rings is 1. The van der Waals surface area contributed by atoms with E-state index in [0.717, 1.165) is 33.6 Å². The lowest BCUT2D eigenvalue weighted by atomic mass is 10.00. The molecule has 0 aliphatic carbocycles.